The lowest BCUT2D eigenvalue weighted by molar-refractivity contribution is -0.275. The minimum absolute atomic E-state index is 0.0549. The van der Waals surface area contributed by atoms with E-state index in [9.17, 15) is 18.0 Å². The second kappa shape index (κ2) is 11.6. The Bertz CT molecular complexity index is 1050. The molecule has 0 saturated heterocycles. The third-order valence-electron chi connectivity index (χ3n) is 6.00. The van der Waals surface area contributed by atoms with Crippen LogP contribution in [0.2, 0.25) is 0 Å². The molecule has 3 nitrogen and oxygen atoms in total. The average Bonchev–Trinajstić information content (AvgIpc) is 2.78. The molecular formula is C25H26F6O3S. The molecule has 0 N–H and O–H groups in total. The van der Waals surface area contributed by atoms with Crippen molar-refractivity contribution >= 4 is 17.7 Å². The topological polar surface area (TPSA) is 35.5 Å². The lowest BCUT2D eigenvalue weighted by Gasteiger charge is -2.27. The van der Waals surface area contributed by atoms with Gasteiger partial charge in [-0.15, -0.1) is 24.9 Å². The van der Waals surface area contributed by atoms with Gasteiger partial charge in [0.1, 0.15) is 0 Å². The van der Waals surface area contributed by atoms with Crippen LogP contribution in [0.5, 0.6) is 5.75 Å². The van der Waals surface area contributed by atoms with Gasteiger partial charge in [0.15, 0.2) is 23.2 Å². The number of alkyl halides is 3. The van der Waals surface area contributed by atoms with Gasteiger partial charge in [-0.2, -0.15) is 0 Å². The molecule has 10 heteroatoms. The summed E-state index contributed by atoms with van der Waals surface area (Å²) in [5, 5.41) is 0. The maximum atomic E-state index is 15.2. The van der Waals surface area contributed by atoms with Crippen molar-refractivity contribution in [3.63, 3.8) is 0 Å². The van der Waals surface area contributed by atoms with Gasteiger partial charge < -0.3 is 9.47 Å². The lowest BCUT2D eigenvalue weighted by Crippen LogP contribution is -2.18. The number of carbonyl (C=O) groups is 1. The Morgan fingerprint density at radius 2 is 1.63 bits per heavy atom. The first-order valence-corrected chi connectivity index (χ1v) is 12.3. The predicted octanol–water partition coefficient (Wildman–Crippen LogP) is 8.01. The molecule has 1 aliphatic carbocycles. The van der Waals surface area contributed by atoms with Gasteiger partial charge in [-0.3, -0.25) is 4.79 Å². The predicted molar refractivity (Wildman–Crippen MR) is 121 cm³/mol. The van der Waals surface area contributed by atoms with Crippen molar-refractivity contribution in [2.24, 2.45) is 5.92 Å². The van der Waals surface area contributed by atoms with Gasteiger partial charge in [0, 0.05) is 16.9 Å². The summed E-state index contributed by atoms with van der Waals surface area (Å²) in [6, 6.07) is 4.55. The molecule has 0 amide bonds. The number of thioether (sulfide) groups is 1. The van der Waals surface area contributed by atoms with Crippen LogP contribution < -0.4 is 4.74 Å². The first-order valence-electron chi connectivity index (χ1n) is 11.4. The zero-order valence-electron chi connectivity index (χ0n) is 19.3. The summed E-state index contributed by atoms with van der Waals surface area (Å²) in [7, 11) is 0. The summed E-state index contributed by atoms with van der Waals surface area (Å²) in [6.07, 6.45) is -2.04. The zero-order chi connectivity index (χ0) is 25.8. The third kappa shape index (κ3) is 6.86. The molecule has 0 unspecified atom stereocenters. The number of esters is 1. The fourth-order valence-corrected chi connectivity index (χ4v) is 5.26. The first kappa shape index (κ1) is 27.2. The van der Waals surface area contributed by atoms with E-state index in [2.05, 4.69) is 11.7 Å². The van der Waals surface area contributed by atoms with Crippen molar-refractivity contribution in [1.29, 1.82) is 0 Å². The molecule has 0 aromatic heterocycles. The smallest absolute Gasteiger partial charge is 0.466 e. The normalized spacial score (nSPS) is 18.4. The minimum Gasteiger partial charge on any atom is -0.466 e. The lowest BCUT2D eigenvalue weighted by atomic mass is 9.79. The molecule has 0 radical (unpaired) electrons. The largest absolute Gasteiger partial charge is 0.573 e. The van der Waals surface area contributed by atoms with E-state index in [1.54, 1.807) is 6.92 Å². The molecular weight excluding hydrogens is 494 g/mol. The molecule has 1 aliphatic rings. The Kier molecular flexibility index (Phi) is 9.01. The molecule has 3 rings (SSSR count). The van der Waals surface area contributed by atoms with Crippen molar-refractivity contribution in [1.82, 2.24) is 0 Å². The minimum atomic E-state index is -5.15. The van der Waals surface area contributed by atoms with Gasteiger partial charge in [-0.25, -0.2) is 13.2 Å². The highest BCUT2D eigenvalue weighted by Gasteiger charge is 2.34. The van der Waals surface area contributed by atoms with E-state index in [0.29, 0.717) is 17.7 Å². The number of carbonyl (C=O) groups excluding carboxylic acids is 1. The average molecular weight is 521 g/mol. The highest BCUT2D eigenvalue weighted by molar-refractivity contribution is 7.99. The first-order chi connectivity index (χ1) is 16.5. The summed E-state index contributed by atoms with van der Waals surface area (Å²) >= 11 is 0.698. The van der Waals surface area contributed by atoms with Gasteiger partial charge in [0.05, 0.1) is 17.9 Å². The van der Waals surface area contributed by atoms with Crippen LogP contribution in [0.4, 0.5) is 26.3 Å². The van der Waals surface area contributed by atoms with Crippen LogP contribution in [0, 0.1) is 23.4 Å². The molecule has 192 valence electrons. The molecule has 0 aliphatic heterocycles. The number of ether oxygens (including phenoxy) is 2. The Hall–Kier alpha value is -2.36. The fraction of sp³-hybridized carbons (Fsp3) is 0.480. The maximum Gasteiger partial charge on any atom is 0.573 e. The van der Waals surface area contributed by atoms with E-state index < -0.39 is 35.5 Å². The van der Waals surface area contributed by atoms with Gasteiger partial charge in [-0.1, -0.05) is 31.9 Å². The molecule has 1 fully saturated rings. The van der Waals surface area contributed by atoms with Crippen molar-refractivity contribution in [3.05, 3.63) is 47.3 Å². The molecule has 0 spiro atoms. The van der Waals surface area contributed by atoms with E-state index in [1.807, 2.05) is 0 Å². The molecule has 2 aromatic rings. The van der Waals surface area contributed by atoms with E-state index >= 15 is 13.2 Å². The molecule has 35 heavy (non-hydrogen) atoms. The Labute approximate surface area is 204 Å². The van der Waals surface area contributed by atoms with Gasteiger partial charge in [0.2, 0.25) is 0 Å². The second-order valence-corrected chi connectivity index (χ2v) is 9.60. The molecule has 2 aromatic carbocycles. The van der Waals surface area contributed by atoms with E-state index in [-0.39, 0.29) is 46.3 Å². The highest BCUT2D eigenvalue weighted by atomic mass is 32.2. The quantitative estimate of drug-likeness (QED) is 0.201. The van der Waals surface area contributed by atoms with Crippen molar-refractivity contribution in [2.45, 2.75) is 63.1 Å². The van der Waals surface area contributed by atoms with Gasteiger partial charge in [-0.05, 0) is 49.3 Å². The van der Waals surface area contributed by atoms with Crippen LogP contribution in [-0.4, -0.2) is 24.7 Å². The monoisotopic (exact) mass is 520 g/mol. The number of hydrogen-bond acceptors (Lipinski definition) is 4. The van der Waals surface area contributed by atoms with Crippen LogP contribution in [0.3, 0.4) is 0 Å². The zero-order valence-corrected chi connectivity index (χ0v) is 20.1. The molecule has 1 saturated carbocycles. The van der Waals surface area contributed by atoms with Gasteiger partial charge >= 0.3 is 12.3 Å². The Morgan fingerprint density at radius 1 is 0.971 bits per heavy atom. The summed E-state index contributed by atoms with van der Waals surface area (Å²) in [5.74, 6) is -4.96. The van der Waals surface area contributed by atoms with Crippen molar-refractivity contribution in [2.75, 3.05) is 12.4 Å². The Balaban J connectivity index is 1.98. The Morgan fingerprint density at radius 3 is 2.26 bits per heavy atom. The maximum absolute atomic E-state index is 15.2. The van der Waals surface area contributed by atoms with Gasteiger partial charge in [0.25, 0.3) is 0 Å². The van der Waals surface area contributed by atoms with E-state index in [1.165, 1.54) is 12.1 Å². The second-order valence-electron chi connectivity index (χ2n) is 8.49. The third-order valence-corrected chi connectivity index (χ3v) is 7.10. The number of halogens is 6. The van der Waals surface area contributed by atoms with Crippen LogP contribution in [0.15, 0.2) is 29.2 Å². The molecule has 0 bridgehead atoms. The standard InChI is InChI=1S/C25H26F6O3S/c1-3-33-20(32)12-13-35-24-18(10-11-19(23(24)28)34-25(29,30)31)17-9-8-16(21(26)22(17)27)15-6-4-14(2)5-7-15/h8-11,14-15H,3-7,12-13H2,1-2H3. The summed E-state index contributed by atoms with van der Waals surface area (Å²) in [4.78, 5) is 11.2. The van der Waals surface area contributed by atoms with E-state index in [0.717, 1.165) is 37.8 Å². The summed E-state index contributed by atoms with van der Waals surface area (Å²) in [5.41, 5.74) is -0.176. The fourth-order valence-electron chi connectivity index (χ4n) is 4.22. The molecule has 0 atom stereocenters. The SMILES string of the molecule is CCOC(=O)CCSc1c(-c2ccc(C3CCC(C)CC3)c(F)c2F)ccc(OC(F)(F)F)c1F. The van der Waals surface area contributed by atoms with E-state index in [4.69, 9.17) is 4.74 Å². The van der Waals surface area contributed by atoms with Crippen LogP contribution in [0.1, 0.15) is 57.4 Å². The summed E-state index contributed by atoms with van der Waals surface area (Å²) in [6.45, 7) is 3.85. The number of hydrogen-bond donors (Lipinski definition) is 0. The molecule has 0 heterocycles. The summed E-state index contributed by atoms with van der Waals surface area (Å²) < 4.78 is 92.1. The number of benzene rings is 2. The highest BCUT2D eigenvalue weighted by Crippen LogP contribution is 2.43. The van der Waals surface area contributed by atoms with Crippen LogP contribution >= 0.6 is 11.8 Å². The number of rotatable bonds is 8. The van der Waals surface area contributed by atoms with Crippen LogP contribution in [0.25, 0.3) is 11.1 Å². The van der Waals surface area contributed by atoms with Crippen molar-refractivity contribution in [3.8, 4) is 16.9 Å². The van der Waals surface area contributed by atoms with Crippen molar-refractivity contribution < 1.29 is 40.6 Å². The van der Waals surface area contributed by atoms with Crippen LogP contribution in [-0.2, 0) is 9.53 Å².